The van der Waals surface area contributed by atoms with Crippen molar-refractivity contribution in [2.75, 3.05) is 18.5 Å². The van der Waals surface area contributed by atoms with Crippen LogP contribution < -0.4 is 10.1 Å². The van der Waals surface area contributed by atoms with Crippen molar-refractivity contribution in [2.24, 2.45) is 0 Å². The van der Waals surface area contributed by atoms with E-state index in [9.17, 15) is 13.2 Å². The second kappa shape index (κ2) is 11.0. The maximum atomic E-state index is 13.3. The van der Waals surface area contributed by atoms with Crippen LogP contribution >= 0.6 is 0 Å². The van der Waals surface area contributed by atoms with E-state index < -0.39 is 15.1 Å². The number of nitrogens with one attached hydrogen (secondary N) is 1. The molecule has 1 saturated heterocycles. The number of hydrogen-bond donors (Lipinski definition) is 1. The number of carbonyl (C=O) groups excluding carboxylic acids is 1. The Bertz CT molecular complexity index is 1650. The molecule has 4 aromatic rings. The summed E-state index contributed by atoms with van der Waals surface area (Å²) >= 11 is 0. The Morgan fingerprint density at radius 3 is 2.58 bits per heavy atom. The molecular weight excluding hydrogens is 528 g/mol. The lowest BCUT2D eigenvalue weighted by Gasteiger charge is -2.22. The van der Waals surface area contributed by atoms with Gasteiger partial charge in [0.15, 0.2) is 9.84 Å². The SMILES string of the molecule is Cc1cc(CC(=O)Nc2cnn(C(C)(C)C)c2)ccc1Oc1ccnc2ccc(S(=O)(=O)C3CCOCC3)cc12. The molecule has 0 atom stereocenters. The highest BCUT2D eigenvalue weighted by Gasteiger charge is 2.29. The molecule has 3 heterocycles. The summed E-state index contributed by atoms with van der Waals surface area (Å²) in [6, 6.07) is 12.3. The van der Waals surface area contributed by atoms with E-state index in [1.807, 2.05) is 56.8 Å². The van der Waals surface area contributed by atoms with Crippen molar-refractivity contribution >= 4 is 32.3 Å². The molecule has 0 aliphatic carbocycles. The topological polar surface area (TPSA) is 112 Å². The Morgan fingerprint density at radius 2 is 1.88 bits per heavy atom. The highest BCUT2D eigenvalue weighted by atomic mass is 32.2. The molecule has 1 aliphatic rings. The summed E-state index contributed by atoms with van der Waals surface area (Å²) in [6.07, 6.45) is 6.28. The van der Waals surface area contributed by atoms with Crippen LogP contribution in [0.25, 0.3) is 10.9 Å². The smallest absolute Gasteiger partial charge is 0.228 e. The summed E-state index contributed by atoms with van der Waals surface area (Å²) in [6.45, 7) is 8.94. The van der Waals surface area contributed by atoms with E-state index in [1.165, 1.54) is 0 Å². The van der Waals surface area contributed by atoms with Gasteiger partial charge in [-0.15, -0.1) is 0 Å². The summed E-state index contributed by atoms with van der Waals surface area (Å²) in [5.74, 6) is 0.985. The first-order chi connectivity index (χ1) is 19.0. The van der Waals surface area contributed by atoms with E-state index in [0.717, 1.165) is 11.1 Å². The molecule has 1 fully saturated rings. The number of nitrogens with zero attached hydrogens (tertiary/aromatic N) is 3. The molecule has 5 rings (SSSR count). The van der Waals surface area contributed by atoms with Crippen molar-refractivity contribution in [2.45, 2.75) is 62.6 Å². The van der Waals surface area contributed by atoms with Crippen molar-refractivity contribution < 1.29 is 22.7 Å². The van der Waals surface area contributed by atoms with Crippen molar-refractivity contribution in [3.63, 3.8) is 0 Å². The molecule has 0 radical (unpaired) electrons. The van der Waals surface area contributed by atoms with E-state index in [2.05, 4.69) is 15.4 Å². The zero-order valence-corrected chi connectivity index (χ0v) is 24.0. The molecule has 0 unspecified atom stereocenters. The van der Waals surface area contributed by atoms with Crippen molar-refractivity contribution in [3.8, 4) is 11.5 Å². The normalized spacial score (nSPS) is 14.8. The third-order valence-corrected chi connectivity index (χ3v) is 9.25. The molecule has 2 aromatic heterocycles. The number of aromatic nitrogens is 3. The first-order valence-electron chi connectivity index (χ1n) is 13.3. The number of aryl methyl sites for hydroxylation is 1. The van der Waals surface area contributed by atoms with Gasteiger partial charge in [0, 0.05) is 31.0 Å². The van der Waals surface area contributed by atoms with Crippen LogP contribution in [-0.4, -0.2) is 47.6 Å². The number of benzene rings is 2. The predicted molar refractivity (Wildman–Crippen MR) is 154 cm³/mol. The fourth-order valence-corrected chi connectivity index (χ4v) is 6.48. The molecule has 2 aromatic carbocycles. The van der Waals surface area contributed by atoms with Gasteiger partial charge in [-0.2, -0.15) is 5.10 Å². The maximum Gasteiger partial charge on any atom is 0.228 e. The third kappa shape index (κ3) is 6.03. The van der Waals surface area contributed by atoms with E-state index >= 15 is 0 Å². The van der Waals surface area contributed by atoms with Gasteiger partial charge in [-0.3, -0.25) is 14.5 Å². The van der Waals surface area contributed by atoms with Gasteiger partial charge < -0.3 is 14.8 Å². The maximum absolute atomic E-state index is 13.3. The van der Waals surface area contributed by atoms with Crippen molar-refractivity contribution in [3.05, 3.63) is 72.2 Å². The van der Waals surface area contributed by atoms with E-state index in [-0.39, 0.29) is 22.8 Å². The van der Waals surface area contributed by atoms with Crippen LogP contribution in [0.1, 0.15) is 44.7 Å². The molecular formula is C30H34N4O5S. The Hall–Kier alpha value is -3.76. The van der Waals surface area contributed by atoms with Gasteiger partial charge in [-0.25, -0.2) is 8.42 Å². The largest absolute Gasteiger partial charge is 0.456 e. The summed E-state index contributed by atoms with van der Waals surface area (Å²) in [5.41, 5.74) is 2.82. The number of sulfone groups is 1. The minimum atomic E-state index is -3.50. The number of fused-ring (bicyclic) bond motifs is 1. The Balaban J connectivity index is 1.32. The molecule has 1 aliphatic heterocycles. The first kappa shape index (κ1) is 27.8. The Labute approximate surface area is 234 Å². The molecule has 210 valence electrons. The van der Waals surface area contributed by atoms with Crippen LogP contribution in [0, 0.1) is 6.92 Å². The molecule has 0 bridgehead atoms. The van der Waals surface area contributed by atoms with Crippen molar-refractivity contribution in [1.29, 1.82) is 0 Å². The Morgan fingerprint density at radius 1 is 1.10 bits per heavy atom. The monoisotopic (exact) mass is 562 g/mol. The zero-order valence-electron chi connectivity index (χ0n) is 23.2. The molecule has 1 amide bonds. The summed E-state index contributed by atoms with van der Waals surface area (Å²) in [4.78, 5) is 17.3. The van der Waals surface area contributed by atoms with Crippen molar-refractivity contribution in [1.82, 2.24) is 14.8 Å². The van der Waals surface area contributed by atoms with Gasteiger partial charge in [0.1, 0.15) is 11.5 Å². The Kier molecular flexibility index (Phi) is 7.65. The highest BCUT2D eigenvalue weighted by Crippen LogP contribution is 2.34. The summed E-state index contributed by atoms with van der Waals surface area (Å²) in [5, 5.41) is 7.38. The molecule has 40 heavy (non-hydrogen) atoms. The van der Waals surface area contributed by atoms with Gasteiger partial charge in [0.05, 0.1) is 39.5 Å². The number of amides is 1. The van der Waals surface area contributed by atoms with Crippen LogP contribution in [0.3, 0.4) is 0 Å². The van der Waals surface area contributed by atoms with Gasteiger partial charge in [-0.1, -0.05) is 12.1 Å². The molecule has 0 saturated carbocycles. The lowest BCUT2D eigenvalue weighted by molar-refractivity contribution is -0.115. The summed E-state index contributed by atoms with van der Waals surface area (Å²) < 4.78 is 40.0. The molecule has 0 spiro atoms. The van der Waals surface area contributed by atoms with Crippen LogP contribution in [0.5, 0.6) is 11.5 Å². The minimum absolute atomic E-state index is 0.139. The van der Waals surface area contributed by atoms with Crippen LogP contribution in [0.4, 0.5) is 5.69 Å². The quantitative estimate of drug-likeness (QED) is 0.320. The molecule has 9 nitrogen and oxygen atoms in total. The molecule has 1 N–H and O–H groups in total. The number of carbonyl (C=O) groups is 1. The van der Waals surface area contributed by atoms with Gasteiger partial charge in [0.25, 0.3) is 0 Å². The van der Waals surface area contributed by atoms with E-state index in [4.69, 9.17) is 9.47 Å². The fourth-order valence-electron chi connectivity index (χ4n) is 4.74. The minimum Gasteiger partial charge on any atom is -0.456 e. The van der Waals surface area contributed by atoms with Crippen LogP contribution in [0.2, 0.25) is 0 Å². The summed E-state index contributed by atoms with van der Waals surface area (Å²) in [7, 11) is -3.50. The van der Waals surface area contributed by atoms with Crippen LogP contribution in [-0.2, 0) is 31.3 Å². The van der Waals surface area contributed by atoms with E-state index in [1.54, 1.807) is 36.7 Å². The molecule has 10 heteroatoms. The number of pyridine rings is 1. The van der Waals surface area contributed by atoms with Gasteiger partial charge >= 0.3 is 0 Å². The average molecular weight is 563 g/mol. The predicted octanol–water partition coefficient (Wildman–Crippen LogP) is 5.42. The standard InChI is InChI=1S/C30H34N4O5S/c1-20-15-21(16-29(35)33-22-18-32-34(19-22)30(2,3)4)5-8-27(20)39-28-9-12-31-26-7-6-24(17-25(26)28)40(36,37)23-10-13-38-14-11-23/h5-9,12,15,17-19,23H,10-11,13-14,16H2,1-4H3,(H,33,35). The fraction of sp³-hybridized carbons (Fsp3) is 0.367. The lowest BCUT2D eigenvalue weighted by atomic mass is 10.1. The number of hydrogen-bond acceptors (Lipinski definition) is 7. The number of rotatable bonds is 7. The highest BCUT2D eigenvalue weighted by molar-refractivity contribution is 7.92. The second-order valence-electron chi connectivity index (χ2n) is 11.1. The first-order valence-corrected chi connectivity index (χ1v) is 14.9. The lowest BCUT2D eigenvalue weighted by Crippen LogP contribution is -2.28. The second-order valence-corrected chi connectivity index (χ2v) is 13.3. The number of ether oxygens (including phenoxy) is 2. The number of anilines is 1. The van der Waals surface area contributed by atoms with E-state index in [0.29, 0.717) is 54.1 Å². The van der Waals surface area contributed by atoms with Crippen LogP contribution in [0.15, 0.2) is 66.0 Å². The third-order valence-electron chi connectivity index (χ3n) is 6.99. The average Bonchev–Trinajstić information content (AvgIpc) is 3.39. The zero-order chi connectivity index (χ0) is 28.5. The van der Waals surface area contributed by atoms with Gasteiger partial charge in [0.2, 0.25) is 5.91 Å². The van der Waals surface area contributed by atoms with Gasteiger partial charge in [-0.05, 0) is 82.0 Å².